The summed E-state index contributed by atoms with van der Waals surface area (Å²) in [5.41, 5.74) is 3.89. The summed E-state index contributed by atoms with van der Waals surface area (Å²) in [5.74, 6) is 0. The molecule has 0 aliphatic carbocycles. The number of rotatable bonds is 3. The van der Waals surface area contributed by atoms with Crippen LogP contribution in [0.2, 0.25) is 0 Å². The molecule has 0 spiro atoms. The average molecular weight is 285 g/mol. The molecule has 20 heavy (non-hydrogen) atoms. The highest BCUT2D eigenvalue weighted by Gasteiger charge is 2.06. The molecule has 3 aromatic rings. The van der Waals surface area contributed by atoms with Gasteiger partial charge in [-0.2, -0.15) is 0 Å². The zero-order valence-electron chi connectivity index (χ0n) is 11.3. The van der Waals surface area contributed by atoms with Crippen molar-refractivity contribution in [3.8, 4) is 0 Å². The maximum absolute atomic E-state index is 9.44. The minimum Gasteiger partial charge on any atom is -0.387 e. The highest BCUT2D eigenvalue weighted by molar-refractivity contribution is 7.99. The summed E-state index contributed by atoms with van der Waals surface area (Å²) >= 11 is 1.53. The standard InChI is InChI=1S/C15H15N3OS/c1-9-3-5-13-14(7-9)18-15(17-13)20-11-4-6-12(10(2)19)16-8-11/h3-8,10,19H,1-2H3,(H,17,18). The Morgan fingerprint density at radius 2 is 2.10 bits per heavy atom. The van der Waals surface area contributed by atoms with Gasteiger partial charge in [-0.05, 0) is 43.7 Å². The summed E-state index contributed by atoms with van der Waals surface area (Å²) in [5, 5.41) is 10.3. The van der Waals surface area contributed by atoms with Crippen molar-refractivity contribution in [2.75, 3.05) is 0 Å². The third-order valence-corrected chi connectivity index (χ3v) is 3.88. The van der Waals surface area contributed by atoms with Crippen LogP contribution in [0.15, 0.2) is 46.6 Å². The number of hydrogen-bond acceptors (Lipinski definition) is 4. The van der Waals surface area contributed by atoms with E-state index in [1.165, 1.54) is 17.3 Å². The van der Waals surface area contributed by atoms with Gasteiger partial charge in [0, 0.05) is 11.1 Å². The number of aliphatic hydroxyl groups is 1. The summed E-state index contributed by atoms with van der Waals surface area (Å²) in [6, 6.07) is 9.93. The van der Waals surface area contributed by atoms with E-state index in [-0.39, 0.29) is 0 Å². The van der Waals surface area contributed by atoms with Crippen molar-refractivity contribution in [1.29, 1.82) is 0 Å². The number of fused-ring (bicyclic) bond motifs is 1. The van der Waals surface area contributed by atoms with Gasteiger partial charge >= 0.3 is 0 Å². The molecule has 2 aromatic heterocycles. The minimum absolute atomic E-state index is 0.539. The molecule has 0 aliphatic rings. The molecule has 1 unspecified atom stereocenters. The van der Waals surface area contributed by atoms with E-state index in [9.17, 15) is 5.11 Å². The van der Waals surface area contributed by atoms with Crippen LogP contribution in [-0.4, -0.2) is 20.1 Å². The van der Waals surface area contributed by atoms with Gasteiger partial charge in [0.15, 0.2) is 5.16 Å². The van der Waals surface area contributed by atoms with E-state index in [0.29, 0.717) is 5.69 Å². The number of aliphatic hydroxyl groups excluding tert-OH is 1. The van der Waals surface area contributed by atoms with Gasteiger partial charge in [-0.1, -0.05) is 17.8 Å². The molecule has 2 N–H and O–H groups in total. The Morgan fingerprint density at radius 1 is 1.25 bits per heavy atom. The quantitative estimate of drug-likeness (QED) is 0.773. The molecule has 1 aromatic carbocycles. The molecule has 5 heteroatoms. The van der Waals surface area contributed by atoms with Crippen molar-refractivity contribution in [2.45, 2.75) is 30.0 Å². The lowest BCUT2D eigenvalue weighted by Crippen LogP contribution is -1.94. The van der Waals surface area contributed by atoms with Crippen molar-refractivity contribution in [3.05, 3.63) is 47.8 Å². The van der Waals surface area contributed by atoms with Gasteiger partial charge in [-0.3, -0.25) is 4.98 Å². The molecule has 3 rings (SSSR count). The predicted octanol–water partition coefficient (Wildman–Crippen LogP) is 3.47. The van der Waals surface area contributed by atoms with Gasteiger partial charge < -0.3 is 10.1 Å². The lowest BCUT2D eigenvalue weighted by molar-refractivity contribution is 0.194. The molecule has 0 amide bonds. The molecule has 102 valence electrons. The Morgan fingerprint density at radius 3 is 2.80 bits per heavy atom. The number of hydrogen-bond donors (Lipinski definition) is 2. The summed E-state index contributed by atoms with van der Waals surface area (Å²) in [7, 11) is 0. The van der Waals surface area contributed by atoms with Crippen LogP contribution in [0.25, 0.3) is 11.0 Å². The number of nitrogens with zero attached hydrogens (tertiary/aromatic N) is 2. The zero-order valence-corrected chi connectivity index (χ0v) is 12.1. The number of aryl methyl sites for hydroxylation is 1. The molecule has 1 atom stereocenters. The Kier molecular flexibility index (Phi) is 3.46. The van der Waals surface area contributed by atoms with E-state index in [2.05, 4.69) is 34.0 Å². The zero-order chi connectivity index (χ0) is 14.1. The third-order valence-electron chi connectivity index (χ3n) is 3.02. The fourth-order valence-corrected chi connectivity index (χ4v) is 2.73. The first-order valence-corrected chi connectivity index (χ1v) is 7.22. The summed E-state index contributed by atoms with van der Waals surface area (Å²) in [4.78, 5) is 13.1. The van der Waals surface area contributed by atoms with Crippen LogP contribution in [0.1, 0.15) is 24.3 Å². The van der Waals surface area contributed by atoms with Gasteiger partial charge in [-0.15, -0.1) is 0 Å². The van der Waals surface area contributed by atoms with Gasteiger partial charge in [0.1, 0.15) is 0 Å². The maximum Gasteiger partial charge on any atom is 0.171 e. The molecule has 0 fully saturated rings. The maximum atomic E-state index is 9.44. The molecular weight excluding hydrogens is 270 g/mol. The van der Waals surface area contributed by atoms with Crippen LogP contribution in [0.4, 0.5) is 0 Å². The highest BCUT2D eigenvalue weighted by Crippen LogP contribution is 2.27. The Labute approximate surface area is 121 Å². The lowest BCUT2D eigenvalue weighted by Gasteiger charge is -2.03. The summed E-state index contributed by atoms with van der Waals surface area (Å²) in [6.07, 6.45) is 1.22. The molecular formula is C15H15N3OS. The van der Waals surface area contributed by atoms with Gasteiger partial charge in [-0.25, -0.2) is 4.98 Å². The van der Waals surface area contributed by atoms with Crippen LogP contribution in [0.5, 0.6) is 0 Å². The number of aromatic amines is 1. The molecule has 4 nitrogen and oxygen atoms in total. The summed E-state index contributed by atoms with van der Waals surface area (Å²) in [6.45, 7) is 3.77. The van der Waals surface area contributed by atoms with Gasteiger partial charge in [0.2, 0.25) is 0 Å². The van der Waals surface area contributed by atoms with Crippen molar-refractivity contribution in [1.82, 2.24) is 15.0 Å². The molecule has 0 radical (unpaired) electrons. The predicted molar refractivity (Wildman–Crippen MR) is 79.8 cm³/mol. The van der Waals surface area contributed by atoms with Crippen LogP contribution in [0.3, 0.4) is 0 Å². The lowest BCUT2D eigenvalue weighted by atomic mass is 10.2. The monoisotopic (exact) mass is 285 g/mol. The molecule has 0 bridgehead atoms. The van der Waals surface area contributed by atoms with Crippen LogP contribution in [-0.2, 0) is 0 Å². The fourth-order valence-electron chi connectivity index (χ4n) is 1.96. The number of imidazole rings is 1. The van der Waals surface area contributed by atoms with E-state index in [4.69, 9.17) is 0 Å². The van der Waals surface area contributed by atoms with Crippen LogP contribution >= 0.6 is 11.8 Å². The highest BCUT2D eigenvalue weighted by atomic mass is 32.2. The second kappa shape index (κ2) is 5.26. The minimum atomic E-state index is -0.539. The largest absolute Gasteiger partial charge is 0.387 e. The fraction of sp³-hybridized carbons (Fsp3) is 0.200. The van der Waals surface area contributed by atoms with Crippen LogP contribution in [0, 0.1) is 6.92 Å². The first-order chi connectivity index (χ1) is 9.61. The van der Waals surface area contributed by atoms with E-state index in [1.807, 2.05) is 18.2 Å². The molecule has 0 saturated carbocycles. The number of H-pyrrole nitrogens is 1. The van der Waals surface area contributed by atoms with E-state index >= 15 is 0 Å². The van der Waals surface area contributed by atoms with Gasteiger partial charge in [0.05, 0.1) is 22.8 Å². The molecule has 2 heterocycles. The summed E-state index contributed by atoms with van der Waals surface area (Å²) < 4.78 is 0. The molecule has 0 saturated heterocycles. The molecule has 0 aliphatic heterocycles. The normalized spacial score (nSPS) is 12.8. The third kappa shape index (κ3) is 2.69. The first-order valence-electron chi connectivity index (χ1n) is 6.40. The number of pyridine rings is 1. The van der Waals surface area contributed by atoms with Crippen molar-refractivity contribution < 1.29 is 5.11 Å². The SMILES string of the molecule is Cc1ccc2nc(Sc3ccc(C(C)O)nc3)[nH]c2c1. The number of nitrogens with one attached hydrogen (secondary N) is 1. The second-order valence-electron chi connectivity index (χ2n) is 4.76. The van der Waals surface area contributed by atoms with E-state index in [1.54, 1.807) is 13.1 Å². The first kappa shape index (κ1) is 13.1. The second-order valence-corrected chi connectivity index (χ2v) is 5.82. The smallest absolute Gasteiger partial charge is 0.171 e. The topological polar surface area (TPSA) is 61.8 Å². The van der Waals surface area contributed by atoms with Crippen molar-refractivity contribution in [2.24, 2.45) is 0 Å². The Balaban J connectivity index is 1.85. The van der Waals surface area contributed by atoms with Crippen molar-refractivity contribution >= 4 is 22.8 Å². The number of aromatic nitrogens is 3. The number of benzene rings is 1. The average Bonchev–Trinajstić information content (AvgIpc) is 2.80. The Hall–Kier alpha value is -1.85. The van der Waals surface area contributed by atoms with E-state index < -0.39 is 6.10 Å². The van der Waals surface area contributed by atoms with Crippen molar-refractivity contribution in [3.63, 3.8) is 0 Å². The van der Waals surface area contributed by atoms with E-state index in [0.717, 1.165) is 21.1 Å². The van der Waals surface area contributed by atoms with Crippen LogP contribution < -0.4 is 0 Å². The Bertz CT molecular complexity index is 734. The van der Waals surface area contributed by atoms with Gasteiger partial charge in [0.25, 0.3) is 0 Å².